The van der Waals surface area contributed by atoms with Crippen LogP contribution in [-0.2, 0) is 26.0 Å². The van der Waals surface area contributed by atoms with Gasteiger partial charge in [-0.25, -0.2) is 28.4 Å². The summed E-state index contributed by atoms with van der Waals surface area (Å²) in [5.74, 6) is 4.17. The van der Waals surface area contributed by atoms with Gasteiger partial charge in [0.25, 0.3) is 0 Å². The molecular formula is C32H48N10O2S2. The second-order valence-electron chi connectivity index (χ2n) is 13.4. The second kappa shape index (κ2) is 13.5. The van der Waals surface area contributed by atoms with E-state index in [1.165, 1.54) is 0 Å². The molecule has 46 heavy (non-hydrogen) atoms. The van der Waals surface area contributed by atoms with Gasteiger partial charge in [0, 0.05) is 87.6 Å². The zero-order chi connectivity index (χ0) is 32.5. The first-order valence-electron chi connectivity index (χ1n) is 16.6. The van der Waals surface area contributed by atoms with Crippen LogP contribution in [0.4, 0.5) is 11.6 Å². The number of fused-ring (bicyclic) bond motifs is 2. The summed E-state index contributed by atoms with van der Waals surface area (Å²) in [6.45, 7) is 2.33. The average molecular weight is 669 g/mol. The molecule has 0 spiro atoms. The van der Waals surface area contributed by atoms with Gasteiger partial charge in [0.1, 0.15) is 35.6 Å². The molecule has 2 atom stereocenters. The quantitative estimate of drug-likeness (QED) is 0.178. The molecule has 0 radical (unpaired) electrons. The van der Waals surface area contributed by atoms with Gasteiger partial charge in [0.05, 0.1) is 10.8 Å². The number of hydrogen-bond acceptors (Lipinski definition) is 10. The third kappa shape index (κ3) is 7.17. The number of hydrogen-bond donors (Lipinski definition) is 3. The fourth-order valence-electron chi connectivity index (χ4n) is 7.54. The van der Waals surface area contributed by atoms with Gasteiger partial charge in [0.15, 0.2) is 0 Å². The number of anilines is 2. The number of aromatic amines is 1. The van der Waals surface area contributed by atoms with Gasteiger partial charge in [-0.2, -0.15) is 0 Å². The molecule has 4 heterocycles. The summed E-state index contributed by atoms with van der Waals surface area (Å²) in [6.07, 6.45) is 14.9. The van der Waals surface area contributed by atoms with Gasteiger partial charge >= 0.3 is 0 Å². The highest BCUT2D eigenvalue weighted by molar-refractivity contribution is 7.92. The lowest BCUT2D eigenvalue weighted by molar-refractivity contribution is 0.342. The Morgan fingerprint density at radius 3 is 1.98 bits per heavy atom. The normalized spacial score (nSPS) is 24.8. The van der Waals surface area contributed by atoms with Crippen LogP contribution in [0.2, 0.25) is 0 Å². The van der Waals surface area contributed by atoms with Crippen molar-refractivity contribution in [2.45, 2.75) is 76.9 Å². The Bertz CT molecular complexity index is 1850. The van der Waals surface area contributed by atoms with E-state index in [0.717, 1.165) is 85.1 Å². The Balaban J connectivity index is 1.02. The SMILES string of the molecule is CCS(=N)(=O)C[C@H]1CC[C@H](N(C)c2ncnc3c2ccn3CCS(=N)(=O)C[C@H]2CC[C@@H](N(C)c3ncnc4[nH]ccc34)CC2)CC1. The number of aryl methyl sites for hydroxylation is 1. The maximum atomic E-state index is 13.5. The minimum Gasteiger partial charge on any atom is -0.356 e. The number of rotatable bonds is 12. The highest BCUT2D eigenvalue weighted by Crippen LogP contribution is 2.34. The zero-order valence-electron chi connectivity index (χ0n) is 27.2. The Hall–Kier alpha value is -3.26. The van der Waals surface area contributed by atoms with Crippen LogP contribution in [0.3, 0.4) is 0 Å². The van der Waals surface area contributed by atoms with Crippen molar-refractivity contribution in [3.8, 4) is 0 Å². The van der Waals surface area contributed by atoms with Crippen molar-refractivity contribution in [3.63, 3.8) is 0 Å². The largest absolute Gasteiger partial charge is 0.356 e. The van der Waals surface area contributed by atoms with Gasteiger partial charge in [-0.05, 0) is 75.3 Å². The van der Waals surface area contributed by atoms with Crippen molar-refractivity contribution in [2.24, 2.45) is 11.8 Å². The van der Waals surface area contributed by atoms with Crippen LogP contribution in [0.5, 0.6) is 0 Å². The summed E-state index contributed by atoms with van der Waals surface area (Å²) in [4.78, 5) is 25.7. The molecule has 6 rings (SSSR count). The van der Waals surface area contributed by atoms with E-state index < -0.39 is 19.5 Å². The first-order chi connectivity index (χ1) is 22.0. The molecule has 4 aromatic heterocycles. The molecule has 14 heteroatoms. The van der Waals surface area contributed by atoms with Crippen LogP contribution >= 0.6 is 0 Å². The summed E-state index contributed by atoms with van der Waals surface area (Å²) in [5, 5.41) is 1.99. The smallest absolute Gasteiger partial charge is 0.145 e. The molecule has 2 aliphatic rings. The zero-order valence-corrected chi connectivity index (χ0v) is 28.9. The number of H-pyrrole nitrogens is 1. The molecule has 4 aromatic rings. The molecule has 3 N–H and O–H groups in total. The van der Waals surface area contributed by atoms with Crippen LogP contribution in [0, 0.1) is 21.4 Å². The van der Waals surface area contributed by atoms with Gasteiger partial charge in [-0.1, -0.05) is 6.92 Å². The minimum absolute atomic E-state index is 0.293. The number of nitrogens with zero attached hydrogens (tertiary/aromatic N) is 7. The molecule has 0 saturated heterocycles. The standard InChI is InChI=1S/C32H48N10O2S2/c1-4-45(33,43)19-23-5-9-26(10-6-23)41(3)31-28-14-16-42(32(28)39-22-38-31)17-18-46(34,44)20-24-7-11-25(12-8-24)40(2)30-27-13-15-35-29(27)36-21-37-30/h13-16,21-26,33-34H,4-12,17-20H2,1-3H3,(H,35,36,37)/t23-,24-,25+,26-,45?,46?. The lowest BCUT2D eigenvalue weighted by Crippen LogP contribution is -2.37. The van der Waals surface area contributed by atoms with E-state index in [9.17, 15) is 8.42 Å². The van der Waals surface area contributed by atoms with Crippen molar-refractivity contribution < 1.29 is 8.42 Å². The van der Waals surface area contributed by atoms with E-state index in [4.69, 9.17) is 9.56 Å². The van der Waals surface area contributed by atoms with Crippen molar-refractivity contribution in [1.82, 2.24) is 29.5 Å². The predicted molar refractivity (Wildman–Crippen MR) is 187 cm³/mol. The fourth-order valence-corrected chi connectivity index (χ4v) is 10.6. The van der Waals surface area contributed by atoms with Crippen molar-refractivity contribution in [3.05, 3.63) is 37.2 Å². The first kappa shape index (κ1) is 32.7. The Kier molecular flexibility index (Phi) is 9.56. The lowest BCUT2D eigenvalue weighted by Gasteiger charge is -2.35. The molecule has 0 aliphatic heterocycles. The molecule has 0 aromatic carbocycles. The second-order valence-corrected chi connectivity index (χ2v) is 18.3. The number of aromatic nitrogens is 6. The van der Waals surface area contributed by atoms with Crippen LogP contribution < -0.4 is 9.80 Å². The summed E-state index contributed by atoms with van der Waals surface area (Å²) >= 11 is 0. The Morgan fingerprint density at radius 2 is 1.37 bits per heavy atom. The van der Waals surface area contributed by atoms with Gasteiger partial charge in [0.2, 0.25) is 0 Å². The lowest BCUT2D eigenvalue weighted by atomic mass is 9.86. The maximum Gasteiger partial charge on any atom is 0.145 e. The molecule has 0 amide bonds. The van der Waals surface area contributed by atoms with Crippen LogP contribution in [0.15, 0.2) is 37.2 Å². The summed E-state index contributed by atoms with van der Waals surface area (Å²) in [6, 6.07) is 4.74. The molecule has 2 fully saturated rings. The molecule has 2 saturated carbocycles. The first-order valence-corrected chi connectivity index (χ1v) is 20.3. The van der Waals surface area contributed by atoms with Crippen molar-refractivity contribution in [2.75, 3.05) is 46.9 Å². The van der Waals surface area contributed by atoms with E-state index in [1.54, 1.807) is 12.7 Å². The number of nitrogens with one attached hydrogen (secondary N) is 3. The van der Waals surface area contributed by atoms with Crippen LogP contribution in [-0.4, -0.2) is 87.1 Å². The van der Waals surface area contributed by atoms with E-state index in [0.29, 0.717) is 53.5 Å². The molecule has 250 valence electrons. The minimum atomic E-state index is -2.75. The molecule has 2 aliphatic carbocycles. The van der Waals surface area contributed by atoms with Gasteiger partial charge < -0.3 is 19.4 Å². The van der Waals surface area contributed by atoms with E-state index in [-0.39, 0.29) is 0 Å². The van der Waals surface area contributed by atoms with Crippen molar-refractivity contribution in [1.29, 1.82) is 9.56 Å². The van der Waals surface area contributed by atoms with Gasteiger partial charge in [-0.15, -0.1) is 0 Å². The van der Waals surface area contributed by atoms with E-state index in [1.807, 2.05) is 36.0 Å². The highest BCUT2D eigenvalue weighted by Gasteiger charge is 2.29. The predicted octanol–water partition coefficient (Wildman–Crippen LogP) is 5.51. The van der Waals surface area contributed by atoms with Crippen LogP contribution in [0.25, 0.3) is 22.1 Å². The Labute approximate surface area is 272 Å². The van der Waals surface area contributed by atoms with Crippen molar-refractivity contribution >= 4 is 53.2 Å². The highest BCUT2D eigenvalue weighted by atomic mass is 32.2. The molecular weight excluding hydrogens is 621 g/mol. The Morgan fingerprint density at radius 1 is 0.804 bits per heavy atom. The summed E-state index contributed by atoms with van der Waals surface area (Å²) in [5.41, 5.74) is 1.65. The maximum absolute atomic E-state index is 13.5. The monoisotopic (exact) mass is 668 g/mol. The summed E-state index contributed by atoms with van der Waals surface area (Å²) in [7, 11) is -1.02. The van der Waals surface area contributed by atoms with Gasteiger partial charge in [-0.3, -0.25) is 9.56 Å². The average Bonchev–Trinajstić information content (AvgIpc) is 3.71. The third-order valence-electron chi connectivity index (χ3n) is 10.4. The molecule has 12 nitrogen and oxygen atoms in total. The topological polar surface area (TPSA) is 161 Å². The molecule has 2 unspecified atom stereocenters. The van der Waals surface area contributed by atoms with E-state index in [2.05, 4.69) is 48.8 Å². The molecule has 0 bridgehead atoms. The fraction of sp³-hybridized carbons (Fsp3) is 0.625. The summed E-state index contributed by atoms with van der Waals surface area (Å²) < 4.78 is 44.6. The van der Waals surface area contributed by atoms with E-state index >= 15 is 0 Å². The third-order valence-corrected chi connectivity index (χ3v) is 14.2. The van der Waals surface area contributed by atoms with Crippen LogP contribution in [0.1, 0.15) is 58.3 Å².